The molecule has 1 unspecified atom stereocenters. The first kappa shape index (κ1) is 23.8. The lowest BCUT2D eigenvalue weighted by Gasteiger charge is -2.50. The minimum Gasteiger partial charge on any atom is -0.466 e. The Morgan fingerprint density at radius 2 is 2.16 bits per heavy atom. The van der Waals surface area contributed by atoms with E-state index in [4.69, 9.17) is 9.47 Å². The molecule has 5 nitrogen and oxygen atoms in total. The minimum absolute atomic E-state index is 0.243. The molecule has 3 aliphatic rings. The summed E-state index contributed by atoms with van der Waals surface area (Å²) in [4.78, 5) is 16.2. The fourth-order valence-electron chi connectivity index (χ4n) is 4.19. The highest BCUT2D eigenvalue weighted by atomic mass is 19.4. The normalized spacial score (nSPS) is 26.5. The van der Waals surface area contributed by atoms with Gasteiger partial charge >= 0.3 is 12.1 Å². The van der Waals surface area contributed by atoms with Crippen LogP contribution >= 0.6 is 0 Å². The number of hydrogen-bond acceptors (Lipinski definition) is 5. The molecule has 9 heteroatoms. The number of hydrogen-bond donors (Lipinski definition) is 1. The first-order chi connectivity index (χ1) is 14.6. The van der Waals surface area contributed by atoms with Gasteiger partial charge in [0.25, 0.3) is 5.88 Å². The van der Waals surface area contributed by atoms with E-state index >= 15 is 0 Å². The molecule has 0 aromatic carbocycles. The third-order valence-electron chi connectivity index (χ3n) is 6.09. The van der Waals surface area contributed by atoms with Crippen molar-refractivity contribution in [2.75, 3.05) is 6.54 Å². The largest absolute Gasteiger partial charge is 0.466 e. The summed E-state index contributed by atoms with van der Waals surface area (Å²) in [5.74, 6) is -2.49. The summed E-state index contributed by atoms with van der Waals surface area (Å²) in [6.07, 6.45) is 1.53. The number of fused-ring (bicyclic) bond motifs is 3. The Balaban J connectivity index is 1.69. The van der Waals surface area contributed by atoms with Gasteiger partial charge in [-0.2, -0.15) is 13.2 Å². The van der Waals surface area contributed by atoms with E-state index < -0.39 is 47.2 Å². The highest BCUT2D eigenvalue weighted by Gasteiger charge is 2.53. The monoisotopic (exact) mass is 445 g/mol. The number of carbonyl (C=O) groups is 1. The van der Waals surface area contributed by atoms with E-state index in [0.717, 1.165) is 32.1 Å². The number of unbranched alkanes of at least 4 members (excludes halogenated alkanes) is 3. The SMILES string of the molecule is [CH2]C(CCCCCC)C(=O)O[C@]12CC[C@@H](CN1)C[C@H]2Oc1ncc(C(F)(F)F)cc1F. The van der Waals surface area contributed by atoms with Crippen molar-refractivity contribution in [2.45, 2.75) is 76.3 Å². The maximum atomic E-state index is 14.3. The van der Waals surface area contributed by atoms with E-state index in [0.29, 0.717) is 38.1 Å². The topological polar surface area (TPSA) is 60.5 Å². The molecule has 3 heterocycles. The van der Waals surface area contributed by atoms with Crippen molar-refractivity contribution in [1.29, 1.82) is 0 Å². The van der Waals surface area contributed by atoms with Gasteiger partial charge in [-0.05, 0) is 38.2 Å². The lowest BCUT2D eigenvalue weighted by atomic mass is 9.76. The lowest BCUT2D eigenvalue weighted by molar-refractivity contribution is -0.202. The van der Waals surface area contributed by atoms with E-state index in [-0.39, 0.29) is 5.92 Å². The molecular formula is C22H29F4N2O3. The molecule has 1 saturated carbocycles. The molecule has 1 aromatic heterocycles. The van der Waals surface area contributed by atoms with Gasteiger partial charge in [-0.1, -0.05) is 32.6 Å². The molecule has 3 fully saturated rings. The van der Waals surface area contributed by atoms with Crippen molar-refractivity contribution >= 4 is 5.97 Å². The van der Waals surface area contributed by atoms with E-state index in [1.807, 2.05) is 0 Å². The van der Waals surface area contributed by atoms with Crippen LogP contribution in [0.2, 0.25) is 0 Å². The summed E-state index contributed by atoms with van der Waals surface area (Å²) in [7, 11) is 0. The molecule has 2 saturated heterocycles. The number of esters is 1. The second kappa shape index (κ2) is 9.71. The fourth-order valence-corrected chi connectivity index (χ4v) is 4.19. The van der Waals surface area contributed by atoms with E-state index in [1.54, 1.807) is 0 Å². The van der Waals surface area contributed by atoms with Crippen molar-refractivity contribution in [3.05, 3.63) is 30.6 Å². The summed E-state index contributed by atoms with van der Waals surface area (Å²) >= 11 is 0. The number of alkyl halides is 3. The quantitative estimate of drug-likeness (QED) is 0.327. The molecule has 31 heavy (non-hydrogen) atoms. The van der Waals surface area contributed by atoms with Gasteiger partial charge in [0.05, 0.1) is 11.5 Å². The van der Waals surface area contributed by atoms with Crippen molar-refractivity contribution in [3.8, 4) is 5.88 Å². The van der Waals surface area contributed by atoms with Crippen LogP contribution in [0.25, 0.3) is 0 Å². The average Bonchev–Trinajstić information content (AvgIpc) is 2.72. The highest BCUT2D eigenvalue weighted by molar-refractivity contribution is 5.73. The second-order valence-electron chi connectivity index (χ2n) is 8.49. The van der Waals surface area contributed by atoms with Crippen LogP contribution in [0.4, 0.5) is 17.6 Å². The van der Waals surface area contributed by atoms with Crippen LogP contribution in [0.15, 0.2) is 12.3 Å². The number of carbonyl (C=O) groups excluding carboxylic acids is 1. The smallest absolute Gasteiger partial charge is 0.417 e. The van der Waals surface area contributed by atoms with E-state index in [1.165, 1.54) is 0 Å². The molecular weight excluding hydrogens is 416 g/mol. The van der Waals surface area contributed by atoms with Crippen molar-refractivity contribution in [1.82, 2.24) is 10.3 Å². The van der Waals surface area contributed by atoms with Gasteiger partial charge in [0.15, 0.2) is 11.9 Å². The molecule has 173 valence electrons. The summed E-state index contributed by atoms with van der Waals surface area (Å²) in [5.41, 5.74) is -2.35. The van der Waals surface area contributed by atoms with Gasteiger partial charge in [-0.3, -0.25) is 10.1 Å². The summed E-state index contributed by atoms with van der Waals surface area (Å²) in [6.45, 7) is 6.64. The van der Waals surface area contributed by atoms with Crippen molar-refractivity contribution in [3.63, 3.8) is 0 Å². The molecule has 0 spiro atoms. The third kappa shape index (κ3) is 5.67. The Morgan fingerprint density at radius 3 is 2.77 bits per heavy atom. The van der Waals surface area contributed by atoms with Gasteiger partial charge in [0.2, 0.25) is 5.72 Å². The fraction of sp³-hybridized carbons (Fsp3) is 0.682. The molecule has 0 amide bonds. The lowest BCUT2D eigenvalue weighted by Crippen LogP contribution is -2.67. The number of piperidine rings is 2. The molecule has 4 atom stereocenters. The van der Waals surface area contributed by atoms with Gasteiger partial charge in [-0.15, -0.1) is 0 Å². The van der Waals surface area contributed by atoms with Crippen molar-refractivity contribution < 1.29 is 31.8 Å². The Morgan fingerprint density at radius 1 is 1.39 bits per heavy atom. The molecule has 1 radical (unpaired) electrons. The summed E-state index contributed by atoms with van der Waals surface area (Å²) < 4.78 is 64.1. The Hall–Kier alpha value is -1.90. The second-order valence-corrected chi connectivity index (χ2v) is 8.49. The van der Waals surface area contributed by atoms with Crippen LogP contribution in [0.1, 0.15) is 63.9 Å². The zero-order chi connectivity index (χ0) is 22.6. The van der Waals surface area contributed by atoms with Crippen LogP contribution < -0.4 is 10.1 Å². The molecule has 1 N–H and O–H groups in total. The third-order valence-corrected chi connectivity index (χ3v) is 6.09. The predicted molar refractivity (Wildman–Crippen MR) is 105 cm³/mol. The minimum atomic E-state index is -4.70. The Bertz CT molecular complexity index is 764. The molecule has 4 rings (SSSR count). The number of nitrogens with zero attached hydrogens (tertiary/aromatic N) is 1. The van der Waals surface area contributed by atoms with Gasteiger partial charge < -0.3 is 9.47 Å². The number of pyridine rings is 1. The zero-order valence-corrected chi connectivity index (χ0v) is 17.6. The number of rotatable bonds is 9. The Labute approximate surface area is 179 Å². The van der Waals surface area contributed by atoms with Crippen LogP contribution in [0, 0.1) is 24.6 Å². The van der Waals surface area contributed by atoms with E-state index in [9.17, 15) is 22.4 Å². The maximum Gasteiger partial charge on any atom is 0.417 e. The van der Waals surface area contributed by atoms with Crippen LogP contribution in [0.5, 0.6) is 5.88 Å². The van der Waals surface area contributed by atoms with Crippen LogP contribution in [0.3, 0.4) is 0 Å². The number of ether oxygens (including phenoxy) is 2. The average molecular weight is 445 g/mol. The zero-order valence-electron chi connectivity index (χ0n) is 17.6. The van der Waals surface area contributed by atoms with Gasteiger partial charge in [0.1, 0.15) is 0 Å². The van der Waals surface area contributed by atoms with Gasteiger partial charge in [-0.25, -0.2) is 9.37 Å². The highest BCUT2D eigenvalue weighted by Crippen LogP contribution is 2.41. The van der Waals surface area contributed by atoms with Gasteiger partial charge in [0, 0.05) is 19.2 Å². The van der Waals surface area contributed by atoms with Crippen LogP contribution in [-0.2, 0) is 15.7 Å². The molecule has 1 aromatic rings. The number of aromatic nitrogens is 1. The van der Waals surface area contributed by atoms with Crippen LogP contribution in [-0.4, -0.2) is 29.3 Å². The Kier molecular flexibility index (Phi) is 7.44. The summed E-state index contributed by atoms with van der Waals surface area (Å²) in [6, 6.07) is 0.359. The number of halogens is 4. The predicted octanol–water partition coefficient (Wildman–Crippen LogP) is 5.05. The summed E-state index contributed by atoms with van der Waals surface area (Å²) in [5, 5.41) is 3.19. The number of nitrogens with one attached hydrogen (secondary N) is 1. The molecule has 2 bridgehead atoms. The first-order valence-corrected chi connectivity index (χ1v) is 10.8. The van der Waals surface area contributed by atoms with Crippen molar-refractivity contribution in [2.24, 2.45) is 11.8 Å². The maximum absolute atomic E-state index is 14.3. The standard InChI is InChI=1S/C22H29F4N2O3/c1-3-4-5-6-7-14(2)20(29)31-21-9-8-15(12-28-21)10-18(21)30-19-17(23)11-16(13-27-19)22(24,25)26/h11,13-15,18,28H,2-10,12H2,1H3/t14?,15-,18-,21+/m1/s1. The molecule has 1 aliphatic carbocycles. The first-order valence-electron chi connectivity index (χ1n) is 10.8. The molecule has 2 aliphatic heterocycles. The van der Waals surface area contributed by atoms with E-state index in [2.05, 4.69) is 24.1 Å².